The molecule has 0 saturated carbocycles. The van der Waals surface area contributed by atoms with E-state index in [0.29, 0.717) is 6.42 Å². The number of carbonyl (C=O) groups is 3. The maximum atomic E-state index is 13.2. The third-order valence-electron chi connectivity index (χ3n) is 10.5. The molecular weight excluding hydrogens is 668 g/mol. The van der Waals surface area contributed by atoms with Crippen molar-refractivity contribution in [3.8, 4) is 0 Å². The predicted octanol–water partition coefficient (Wildman–Crippen LogP) is 3.41. The van der Waals surface area contributed by atoms with E-state index in [1.807, 2.05) is 20.8 Å². The smallest absolute Gasteiger partial charge is 0.459 e. The number of rotatable bonds is 7. The van der Waals surface area contributed by atoms with Crippen LogP contribution in [0.1, 0.15) is 61.3 Å². The van der Waals surface area contributed by atoms with Gasteiger partial charge in [0, 0.05) is 44.5 Å². The van der Waals surface area contributed by atoms with Crippen molar-refractivity contribution in [3.05, 3.63) is 36.5 Å². The number of hydrogen-bond donors (Lipinski definition) is 2. The van der Waals surface area contributed by atoms with Gasteiger partial charge in [0.25, 0.3) is 0 Å². The molecule has 16 atom stereocenters. The zero-order chi connectivity index (χ0) is 37.6. The summed E-state index contributed by atoms with van der Waals surface area (Å²) in [5, 5.41) is 22.0. The molecule has 4 aliphatic heterocycles. The topological polar surface area (TPSA) is 175 Å². The molecule has 0 radical (unpaired) electrons. The first kappa shape index (κ1) is 41.1. The van der Waals surface area contributed by atoms with Crippen LogP contribution in [-0.4, -0.2) is 122 Å². The van der Waals surface area contributed by atoms with Crippen LogP contribution in [-0.2, 0) is 52.2 Å². The van der Waals surface area contributed by atoms with E-state index in [4.69, 9.17) is 42.6 Å². The predicted molar refractivity (Wildman–Crippen MR) is 181 cm³/mol. The molecule has 4 rings (SSSR count). The molecule has 0 aromatic heterocycles. The zero-order valence-corrected chi connectivity index (χ0v) is 31.0. The normalized spacial score (nSPS) is 46.2. The first-order valence-electron chi connectivity index (χ1n) is 17.8. The monoisotopic (exact) mass is 724 g/mol. The zero-order valence-electron chi connectivity index (χ0n) is 31.0. The van der Waals surface area contributed by atoms with Crippen molar-refractivity contribution in [2.24, 2.45) is 23.7 Å². The van der Waals surface area contributed by atoms with E-state index in [2.05, 4.69) is 0 Å². The molecular formula is C37H56O14. The van der Waals surface area contributed by atoms with Gasteiger partial charge in [-0.2, -0.15) is 0 Å². The molecule has 0 bridgehead atoms. The number of aliphatic hydroxyl groups is 2. The number of allylic oxidation sites excluding steroid dienone is 3. The van der Waals surface area contributed by atoms with Gasteiger partial charge in [-0.1, -0.05) is 45.1 Å². The Labute approximate surface area is 300 Å². The highest BCUT2D eigenvalue weighted by Gasteiger charge is 2.61. The molecule has 3 fully saturated rings. The first-order valence-corrected chi connectivity index (χ1v) is 17.8. The molecule has 0 aliphatic carbocycles. The van der Waals surface area contributed by atoms with E-state index in [0.717, 1.165) is 0 Å². The SMILES string of the molecule is CO[C@@H]1[C@H](O)[C@@H](C)O[C@@H](OC[C@H]2/C=C/C=C/C(=O)[C@H](C)C[C@H](C)[C@H](O[C@@H]3O[C@H](C)CC4(OC(=O)O[C@H]4C)[C@H]3O)[C@@H](C)/C=C\C(=O)O[C@H]2C)[C@@H]1OC. The Kier molecular flexibility index (Phi) is 14.4. The number of aliphatic hydroxyl groups excluding tert-OH is 2. The minimum absolute atomic E-state index is 0.0586. The Morgan fingerprint density at radius 2 is 1.53 bits per heavy atom. The number of carbonyl (C=O) groups excluding carboxylic acids is 3. The molecule has 3 saturated heterocycles. The minimum Gasteiger partial charge on any atom is -0.459 e. The van der Waals surface area contributed by atoms with Crippen LogP contribution in [0.3, 0.4) is 0 Å². The summed E-state index contributed by atoms with van der Waals surface area (Å²) in [4.78, 5) is 38.4. The van der Waals surface area contributed by atoms with Gasteiger partial charge in [-0.15, -0.1) is 0 Å². The molecule has 0 aromatic carbocycles. The van der Waals surface area contributed by atoms with E-state index in [9.17, 15) is 24.6 Å². The van der Waals surface area contributed by atoms with Crippen LogP contribution in [0.2, 0.25) is 0 Å². The van der Waals surface area contributed by atoms with E-state index < -0.39 is 97.1 Å². The van der Waals surface area contributed by atoms with Crippen molar-refractivity contribution >= 4 is 17.9 Å². The Bertz CT molecular complexity index is 1280. The quantitative estimate of drug-likeness (QED) is 0.366. The molecule has 1 unspecified atom stereocenters. The highest BCUT2D eigenvalue weighted by Crippen LogP contribution is 2.42. The van der Waals surface area contributed by atoms with Crippen LogP contribution in [0.4, 0.5) is 4.79 Å². The van der Waals surface area contributed by atoms with Crippen molar-refractivity contribution < 1.29 is 67.2 Å². The summed E-state index contributed by atoms with van der Waals surface area (Å²) in [6.07, 6.45) is 0.681. The van der Waals surface area contributed by atoms with Crippen molar-refractivity contribution in [3.63, 3.8) is 0 Å². The summed E-state index contributed by atoms with van der Waals surface area (Å²) in [5.74, 6) is -2.15. The lowest BCUT2D eigenvalue weighted by Crippen LogP contribution is -2.62. The maximum Gasteiger partial charge on any atom is 0.509 e. The number of hydrogen-bond acceptors (Lipinski definition) is 14. The number of ketones is 1. The van der Waals surface area contributed by atoms with Gasteiger partial charge in [0.05, 0.1) is 24.9 Å². The lowest BCUT2D eigenvalue weighted by atomic mass is 9.82. The highest BCUT2D eigenvalue weighted by molar-refractivity contribution is 5.91. The van der Waals surface area contributed by atoms with Gasteiger partial charge in [0.15, 0.2) is 24.0 Å². The first-order chi connectivity index (χ1) is 24.1. The fourth-order valence-corrected chi connectivity index (χ4v) is 7.38. The average molecular weight is 725 g/mol. The molecule has 1 spiro atoms. The van der Waals surface area contributed by atoms with Gasteiger partial charge in [0.2, 0.25) is 0 Å². The Morgan fingerprint density at radius 1 is 0.824 bits per heavy atom. The maximum absolute atomic E-state index is 13.2. The minimum atomic E-state index is -1.36. The summed E-state index contributed by atoms with van der Waals surface area (Å²) in [5.41, 5.74) is -1.35. The van der Waals surface area contributed by atoms with Gasteiger partial charge in [0.1, 0.15) is 36.6 Å². The molecule has 4 aliphatic rings. The van der Waals surface area contributed by atoms with E-state index >= 15 is 0 Å². The van der Waals surface area contributed by atoms with Crippen LogP contribution < -0.4 is 0 Å². The van der Waals surface area contributed by atoms with Gasteiger partial charge in [-0.3, -0.25) is 4.79 Å². The second-order valence-corrected chi connectivity index (χ2v) is 14.4. The van der Waals surface area contributed by atoms with Crippen molar-refractivity contribution in [1.82, 2.24) is 0 Å². The number of ether oxygens (including phenoxy) is 9. The van der Waals surface area contributed by atoms with Gasteiger partial charge in [-0.05, 0) is 46.1 Å². The fraction of sp³-hybridized carbons (Fsp3) is 0.757. The number of esters is 1. The number of cyclic esters (lactones) is 2. The Morgan fingerprint density at radius 3 is 2.18 bits per heavy atom. The molecule has 2 N–H and O–H groups in total. The van der Waals surface area contributed by atoms with Gasteiger partial charge < -0.3 is 52.8 Å². The summed E-state index contributed by atoms with van der Waals surface area (Å²) < 4.78 is 52.1. The third kappa shape index (κ3) is 9.65. The summed E-state index contributed by atoms with van der Waals surface area (Å²) >= 11 is 0. The van der Waals surface area contributed by atoms with E-state index in [1.165, 1.54) is 26.4 Å². The lowest BCUT2D eigenvalue weighted by Gasteiger charge is -2.46. The summed E-state index contributed by atoms with van der Waals surface area (Å²) in [6, 6.07) is 0. The molecule has 0 amide bonds. The second-order valence-electron chi connectivity index (χ2n) is 14.4. The average Bonchev–Trinajstić information content (AvgIpc) is 3.36. The molecule has 0 aromatic rings. The molecule has 14 heteroatoms. The van der Waals surface area contributed by atoms with Crippen LogP contribution in [0, 0.1) is 23.7 Å². The summed E-state index contributed by atoms with van der Waals surface area (Å²) in [7, 11) is 2.96. The Balaban J connectivity index is 1.53. The standard InChI is InChI=1S/C37H56O14/c1-19-14-15-28(39)47-23(5)26(18-45-34-32(44-9)31(43-8)29(40)24(6)48-34)12-10-11-13-27(38)20(2)16-21(3)30(19)50-35-33(41)37(17-22(4)46-35)25(7)49-36(42)51-37/h10-15,19-26,29-35,40-41H,16-18H2,1-9H3/b12-10+,13-11+,15-14-/t19-,20+,21-,22+,23-,24+,25-,26+,29+,30+,31+,32+,33-,34+,35-,37?/m0/s1. The molecule has 4 heterocycles. The van der Waals surface area contributed by atoms with E-state index in [-0.39, 0.29) is 30.6 Å². The fourth-order valence-electron chi connectivity index (χ4n) is 7.38. The van der Waals surface area contributed by atoms with E-state index in [1.54, 1.807) is 52.0 Å². The molecule has 14 nitrogen and oxygen atoms in total. The second kappa shape index (κ2) is 17.9. The van der Waals surface area contributed by atoms with Crippen molar-refractivity contribution in [1.29, 1.82) is 0 Å². The van der Waals surface area contributed by atoms with Gasteiger partial charge in [-0.25, -0.2) is 9.59 Å². The largest absolute Gasteiger partial charge is 0.509 e. The van der Waals surface area contributed by atoms with Crippen LogP contribution >= 0.6 is 0 Å². The Hall–Kier alpha value is -2.69. The third-order valence-corrected chi connectivity index (χ3v) is 10.5. The van der Waals surface area contributed by atoms with Crippen molar-refractivity contribution in [2.75, 3.05) is 20.8 Å². The highest BCUT2D eigenvalue weighted by atomic mass is 16.8. The summed E-state index contributed by atoms with van der Waals surface area (Å²) in [6.45, 7) is 12.6. The van der Waals surface area contributed by atoms with Gasteiger partial charge >= 0.3 is 12.1 Å². The van der Waals surface area contributed by atoms with Crippen LogP contribution in [0.15, 0.2) is 36.5 Å². The van der Waals surface area contributed by atoms with Crippen LogP contribution in [0.5, 0.6) is 0 Å². The molecule has 288 valence electrons. The lowest BCUT2D eigenvalue weighted by molar-refractivity contribution is -0.308. The van der Waals surface area contributed by atoms with Crippen molar-refractivity contribution in [2.45, 2.75) is 134 Å². The number of methoxy groups -OCH3 is 2. The van der Waals surface area contributed by atoms with Crippen LogP contribution in [0.25, 0.3) is 0 Å². The molecule has 51 heavy (non-hydrogen) atoms.